The molecule has 1 fully saturated rings. The number of hydrogen-bond acceptors (Lipinski definition) is 3. The van der Waals surface area contributed by atoms with Gasteiger partial charge in [0.2, 0.25) is 5.91 Å². The third-order valence-electron chi connectivity index (χ3n) is 2.24. The van der Waals surface area contributed by atoms with E-state index in [4.69, 9.17) is 0 Å². The number of amides is 1. The molecule has 0 aromatic heterocycles. The maximum Gasteiger partial charge on any atom is 0.237 e. The Kier molecular flexibility index (Phi) is 4.75. The van der Waals surface area contributed by atoms with E-state index < -0.39 is 0 Å². The zero-order valence-corrected chi connectivity index (χ0v) is 9.99. The summed E-state index contributed by atoms with van der Waals surface area (Å²) in [6.07, 6.45) is 1.18. The van der Waals surface area contributed by atoms with Gasteiger partial charge in [0.15, 0.2) is 0 Å². The van der Waals surface area contributed by atoms with Gasteiger partial charge in [-0.2, -0.15) is 11.8 Å². The maximum atomic E-state index is 11.6. The lowest BCUT2D eigenvalue weighted by Gasteiger charge is -2.19. The molecule has 1 amide bonds. The first kappa shape index (κ1) is 11.9. The summed E-state index contributed by atoms with van der Waals surface area (Å²) >= 11 is 1.96. The van der Waals surface area contributed by atoms with Crippen molar-refractivity contribution in [2.45, 2.75) is 45.3 Å². The normalized spacial score (nSPS) is 23.9. The van der Waals surface area contributed by atoms with Crippen LogP contribution in [-0.4, -0.2) is 35.5 Å². The first-order chi connectivity index (χ1) is 6.59. The quantitative estimate of drug-likeness (QED) is 0.736. The number of nitrogens with one attached hydrogen (secondary N) is 2. The van der Waals surface area contributed by atoms with E-state index in [-0.39, 0.29) is 18.0 Å². The van der Waals surface area contributed by atoms with Crippen molar-refractivity contribution in [2.24, 2.45) is 0 Å². The Morgan fingerprint density at radius 3 is 2.64 bits per heavy atom. The van der Waals surface area contributed by atoms with Crippen LogP contribution in [0, 0.1) is 0 Å². The van der Waals surface area contributed by atoms with Crippen LogP contribution in [-0.2, 0) is 4.79 Å². The number of carbonyl (C=O) groups is 1. The summed E-state index contributed by atoms with van der Waals surface area (Å²) in [6, 6.07) is 0.679. The van der Waals surface area contributed by atoms with Gasteiger partial charge in [-0.1, -0.05) is 0 Å². The molecular formula is C10H20N2OS. The fourth-order valence-electron chi connectivity index (χ4n) is 1.50. The van der Waals surface area contributed by atoms with E-state index in [1.165, 1.54) is 12.2 Å². The highest BCUT2D eigenvalue weighted by molar-refractivity contribution is 7.99. The highest BCUT2D eigenvalue weighted by atomic mass is 32.2. The average Bonchev–Trinajstić information content (AvgIpc) is 2.55. The molecule has 2 unspecified atom stereocenters. The average molecular weight is 216 g/mol. The molecule has 0 aromatic carbocycles. The van der Waals surface area contributed by atoms with Gasteiger partial charge < -0.3 is 10.6 Å². The van der Waals surface area contributed by atoms with Crippen LogP contribution in [0.3, 0.4) is 0 Å². The lowest BCUT2D eigenvalue weighted by molar-refractivity contribution is -0.123. The molecular weight excluding hydrogens is 196 g/mol. The minimum absolute atomic E-state index is 0.0684. The fraction of sp³-hybridized carbons (Fsp3) is 0.900. The van der Waals surface area contributed by atoms with Crippen molar-refractivity contribution in [1.82, 2.24) is 10.6 Å². The highest BCUT2D eigenvalue weighted by Crippen LogP contribution is 2.17. The van der Waals surface area contributed by atoms with Gasteiger partial charge in [0.05, 0.1) is 6.04 Å². The molecule has 1 aliphatic rings. The molecule has 1 saturated heterocycles. The maximum absolute atomic E-state index is 11.6. The Morgan fingerprint density at radius 2 is 2.14 bits per heavy atom. The Labute approximate surface area is 90.4 Å². The van der Waals surface area contributed by atoms with Gasteiger partial charge in [-0.05, 0) is 32.9 Å². The van der Waals surface area contributed by atoms with Crippen LogP contribution < -0.4 is 10.6 Å². The van der Waals surface area contributed by atoms with Crippen LogP contribution in [0.25, 0.3) is 0 Å². The second kappa shape index (κ2) is 5.61. The zero-order valence-electron chi connectivity index (χ0n) is 9.17. The van der Waals surface area contributed by atoms with Gasteiger partial charge in [0, 0.05) is 17.8 Å². The Bertz CT molecular complexity index is 191. The SMILES string of the molecule is CC(C)NC(=O)C(C)NC1CCSC1. The minimum Gasteiger partial charge on any atom is -0.353 e. The molecule has 0 bridgehead atoms. The second-order valence-corrected chi connectivity index (χ2v) is 5.26. The van der Waals surface area contributed by atoms with Crippen molar-refractivity contribution in [1.29, 1.82) is 0 Å². The monoisotopic (exact) mass is 216 g/mol. The molecule has 1 aliphatic heterocycles. The summed E-state index contributed by atoms with van der Waals surface area (Å²) in [5, 5.41) is 6.26. The fourth-order valence-corrected chi connectivity index (χ4v) is 2.67. The number of hydrogen-bond donors (Lipinski definition) is 2. The summed E-state index contributed by atoms with van der Waals surface area (Å²) in [6.45, 7) is 5.90. The molecule has 0 radical (unpaired) electrons. The summed E-state index contributed by atoms with van der Waals surface area (Å²) in [5.41, 5.74) is 0. The van der Waals surface area contributed by atoms with E-state index in [1.54, 1.807) is 0 Å². The molecule has 1 rings (SSSR count). The van der Waals surface area contributed by atoms with Crippen molar-refractivity contribution in [3.8, 4) is 0 Å². The van der Waals surface area contributed by atoms with E-state index in [9.17, 15) is 4.79 Å². The van der Waals surface area contributed by atoms with E-state index >= 15 is 0 Å². The minimum atomic E-state index is -0.0684. The van der Waals surface area contributed by atoms with E-state index in [0.29, 0.717) is 6.04 Å². The van der Waals surface area contributed by atoms with E-state index in [0.717, 1.165) is 5.75 Å². The molecule has 2 N–H and O–H groups in total. The van der Waals surface area contributed by atoms with Gasteiger partial charge >= 0.3 is 0 Å². The number of thioether (sulfide) groups is 1. The molecule has 2 atom stereocenters. The molecule has 1 heterocycles. The first-order valence-corrected chi connectivity index (χ1v) is 6.39. The van der Waals surface area contributed by atoms with Crippen molar-refractivity contribution >= 4 is 17.7 Å². The standard InChI is InChI=1S/C10H20N2OS/c1-7(2)11-10(13)8(3)12-9-4-5-14-6-9/h7-9,12H,4-6H2,1-3H3,(H,11,13). The second-order valence-electron chi connectivity index (χ2n) is 4.11. The molecule has 0 saturated carbocycles. The number of rotatable bonds is 4. The zero-order chi connectivity index (χ0) is 10.6. The van der Waals surface area contributed by atoms with Gasteiger partial charge in [0.25, 0.3) is 0 Å². The van der Waals surface area contributed by atoms with E-state index in [2.05, 4.69) is 10.6 Å². The van der Waals surface area contributed by atoms with Gasteiger partial charge in [-0.15, -0.1) is 0 Å². The van der Waals surface area contributed by atoms with Crippen molar-refractivity contribution in [3.05, 3.63) is 0 Å². The van der Waals surface area contributed by atoms with Crippen LogP contribution in [0.2, 0.25) is 0 Å². The van der Waals surface area contributed by atoms with Gasteiger partial charge in [0.1, 0.15) is 0 Å². The Morgan fingerprint density at radius 1 is 1.43 bits per heavy atom. The van der Waals surface area contributed by atoms with Gasteiger partial charge in [-0.25, -0.2) is 0 Å². The smallest absolute Gasteiger partial charge is 0.237 e. The topological polar surface area (TPSA) is 41.1 Å². The lowest BCUT2D eigenvalue weighted by atomic mass is 10.2. The van der Waals surface area contributed by atoms with Crippen molar-refractivity contribution in [3.63, 3.8) is 0 Å². The van der Waals surface area contributed by atoms with Crippen molar-refractivity contribution < 1.29 is 4.79 Å². The van der Waals surface area contributed by atoms with Gasteiger partial charge in [-0.3, -0.25) is 4.79 Å². The molecule has 0 aliphatic carbocycles. The van der Waals surface area contributed by atoms with Crippen LogP contribution in [0.5, 0.6) is 0 Å². The summed E-state index contributed by atoms with van der Waals surface area (Å²) < 4.78 is 0. The summed E-state index contributed by atoms with van der Waals surface area (Å²) in [5.74, 6) is 2.46. The largest absolute Gasteiger partial charge is 0.353 e. The lowest BCUT2D eigenvalue weighted by Crippen LogP contribution is -2.48. The molecule has 0 spiro atoms. The van der Waals surface area contributed by atoms with E-state index in [1.807, 2.05) is 32.5 Å². The predicted molar refractivity (Wildman–Crippen MR) is 61.6 cm³/mol. The molecule has 82 valence electrons. The Hall–Kier alpha value is -0.220. The highest BCUT2D eigenvalue weighted by Gasteiger charge is 2.21. The molecule has 14 heavy (non-hydrogen) atoms. The predicted octanol–water partition coefficient (Wildman–Crippen LogP) is 0.995. The third-order valence-corrected chi connectivity index (χ3v) is 3.40. The molecule has 4 heteroatoms. The summed E-state index contributed by atoms with van der Waals surface area (Å²) in [4.78, 5) is 11.6. The van der Waals surface area contributed by atoms with Crippen LogP contribution in [0.4, 0.5) is 0 Å². The van der Waals surface area contributed by atoms with Crippen LogP contribution in [0.1, 0.15) is 27.2 Å². The van der Waals surface area contributed by atoms with Crippen LogP contribution in [0.15, 0.2) is 0 Å². The Balaban J connectivity index is 2.25. The number of carbonyl (C=O) groups excluding carboxylic acids is 1. The molecule has 3 nitrogen and oxygen atoms in total. The van der Waals surface area contributed by atoms with Crippen molar-refractivity contribution in [2.75, 3.05) is 11.5 Å². The molecule has 0 aromatic rings. The summed E-state index contributed by atoms with van der Waals surface area (Å²) in [7, 11) is 0. The first-order valence-electron chi connectivity index (χ1n) is 5.23. The van der Waals surface area contributed by atoms with Crippen LogP contribution >= 0.6 is 11.8 Å². The third kappa shape index (κ3) is 3.88.